The minimum absolute atomic E-state index is 0.0934. The Kier molecular flexibility index (Phi) is 7.96. The maximum Gasteiger partial charge on any atom is 0.251 e. The molecule has 0 radical (unpaired) electrons. The molecular weight excluding hydrogens is 546 g/mol. The van der Waals surface area contributed by atoms with Crippen molar-refractivity contribution in [2.75, 3.05) is 23.9 Å². The number of aromatic nitrogens is 4. The number of hydrogen-bond acceptors (Lipinski definition) is 7. The van der Waals surface area contributed by atoms with Crippen molar-refractivity contribution < 1.29 is 9.59 Å². The highest BCUT2D eigenvalue weighted by Crippen LogP contribution is 2.35. The number of tetrazole rings is 1. The first kappa shape index (κ1) is 27.6. The quantitative estimate of drug-likeness (QED) is 0.249. The van der Waals surface area contributed by atoms with Gasteiger partial charge in [-0.15, -0.1) is 21.5 Å². The van der Waals surface area contributed by atoms with Crippen LogP contribution in [0.5, 0.6) is 0 Å². The van der Waals surface area contributed by atoms with E-state index >= 15 is 0 Å². The highest BCUT2D eigenvalue weighted by atomic mass is 32.1. The molecule has 1 saturated carbocycles. The fraction of sp³-hybridized carbons (Fsp3) is 0.281. The van der Waals surface area contributed by atoms with Gasteiger partial charge < -0.3 is 10.2 Å². The van der Waals surface area contributed by atoms with Gasteiger partial charge in [-0.05, 0) is 58.7 Å². The molecule has 0 saturated heterocycles. The molecule has 2 amide bonds. The molecule has 0 bridgehead atoms. The van der Waals surface area contributed by atoms with Gasteiger partial charge in [0.15, 0.2) is 0 Å². The maximum absolute atomic E-state index is 14.4. The summed E-state index contributed by atoms with van der Waals surface area (Å²) < 4.78 is 0. The Morgan fingerprint density at radius 3 is 2.48 bits per heavy atom. The van der Waals surface area contributed by atoms with Crippen molar-refractivity contribution in [3.05, 3.63) is 89.8 Å². The number of nitrogens with zero attached hydrogens (tertiary/aromatic N) is 6. The van der Waals surface area contributed by atoms with Gasteiger partial charge in [0.05, 0.1) is 10.6 Å². The lowest BCUT2D eigenvalue weighted by Gasteiger charge is -2.33. The van der Waals surface area contributed by atoms with E-state index in [4.69, 9.17) is 0 Å². The molecule has 42 heavy (non-hydrogen) atoms. The second-order valence-corrected chi connectivity index (χ2v) is 11.7. The molecular formula is C32H33N7O2S. The largest absolute Gasteiger partial charge is 0.378 e. The van der Waals surface area contributed by atoms with Crippen LogP contribution in [-0.2, 0) is 16.1 Å². The van der Waals surface area contributed by atoms with Crippen molar-refractivity contribution in [3.63, 3.8) is 0 Å². The third-order valence-corrected chi connectivity index (χ3v) is 8.57. The fourth-order valence-corrected chi connectivity index (χ4v) is 6.22. The lowest BCUT2D eigenvalue weighted by atomic mass is 10.00. The molecule has 5 aromatic rings. The zero-order chi connectivity index (χ0) is 29.1. The van der Waals surface area contributed by atoms with Gasteiger partial charge in [-0.25, -0.2) is 0 Å². The van der Waals surface area contributed by atoms with E-state index in [0.717, 1.165) is 52.6 Å². The van der Waals surface area contributed by atoms with E-state index in [1.54, 1.807) is 4.90 Å². The second-order valence-electron chi connectivity index (χ2n) is 10.8. The van der Waals surface area contributed by atoms with E-state index < -0.39 is 6.04 Å². The smallest absolute Gasteiger partial charge is 0.251 e. The zero-order valence-electron chi connectivity index (χ0n) is 23.7. The minimum Gasteiger partial charge on any atom is -0.378 e. The number of amides is 2. The molecule has 1 aliphatic carbocycles. The maximum atomic E-state index is 14.4. The summed E-state index contributed by atoms with van der Waals surface area (Å²) in [6, 6.07) is 24.6. The van der Waals surface area contributed by atoms with Crippen molar-refractivity contribution in [2.45, 2.75) is 44.3 Å². The fourth-order valence-electron chi connectivity index (χ4n) is 5.57. The number of hydrogen-bond donors (Lipinski definition) is 1. The van der Waals surface area contributed by atoms with Crippen molar-refractivity contribution >= 4 is 45.3 Å². The van der Waals surface area contributed by atoms with E-state index in [2.05, 4.69) is 20.7 Å². The highest BCUT2D eigenvalue weighted by Gasteiger charge is 2.35. The van der Waals surface area contributed by atoms with E-state index in [1.165, 1.54) is 16.1 Å². The van der Waals surface area contributed by atoms with Crippen LogP contribution in [0.2, 0.25) is 0 Å². The van der Waals surface area contributed by atoms with Gasteiger partial charge >= 0.3 is 0 Å². The molecule has 0 aliphatic heterocycles. The first-order chi connectivity index (χ1) is 20.5. The average Bonchev–Trinajstić information content (AvgIpc) is 3.79. The van der Waals surface area contributed by atoms with Crippen LogP contribution in [-0.4, -0.2) is 52.2 Å². The van der Waals surface area contributed by atoms with Gasteiger partial charge in [0.25, 0.3) is 5.91 Å². The van der Waals surface area contributed by atoms with Crippen molar-refractivity contribution in [1.82, 2.24) is 25.5 Å². The molecule has 6 rings (SSSR count). The molecule has 1 fully saturated rings. The lowest BCUT2D eigenvalue weighted by Crippen LogP contribution is -2.47. The number of anilines is 2. The van der Waals surface area contributed by atoms with E-state index in [9.17, 15) is 9.59 Å². The Morgan fingerprint density at radius 2 is 1.74 bits per heavy atom. The average molecular weight is 580 g/mol. The van der Waals surface area contributed by atoms with Crippen molar-refractivity contribution in [3.8, 4) is 10.7 Å². The second kappa shape index (κ2) is 12.1. The molecule has 9 nitrogen and oxygen atoms in total. The summed E-state index contributed by atoms with van der Waals surface area (Å²) in [5.74, 6) is -0.0549. The lowest BCUT2D eigenvalue weighted by molar-refractivity contribution is -0.127. The third kappa shape index (κ3) is 5.75. The van der Waals surface area contributed by atoms with Gasteiger partial charge in [0.1, 0.15) is 12.6 Å². The van der Waals surface area contributed by atoms with E-state index in [0.29, 0.717) is 11.5 Å². The van der Waals surface area contributed by atoms with Gasteiger partial charge in [-0.2, -0.15) is 4.80 Å². The summed E-state index contributed by atoms with van der Waals surface area (Å²) in [5.41, 5.74) is 2.38. The number of rotatable bonds is 9. The first-order valence-electron chi connectivity index (χ1n) is 14.2. The highest BCUT2D eigenvalue weighted by molar-refractivity contribution is 7.13. The molecule has 0 unspecified atom stereocenters. The summed E-state index contributed by atoms with van der Waals surface area (Å²) in [7, 11) is 3.95. The molecule has 1 atom stereocenters. The number of nitrogens with one attached hydrogen (secondary N) is 1. The van der Waals surface area contributed by atoms with Gasteiger partial charge in [0, 0.05) is 31.2 Å². The Morgan fingerprint density at radius 1 is 0.976 bits per heavy atom. The summed E-state index contributed by atoms with van der Waals surface area (Å²) in [5, 5.41) is 19.9. The van der Waals surface area contributed by atoms with Crippen molar-refractivity contribution in [2.24, 2.45) is 0 Å². The molecule has 3 aromatic carbocycles. The Hall–Kier alpha value is -4.57. The Bertz CT molecular complexity index is 1670. The van der Waals surface area contributed by atoms with Crippen molar-refractivity contribution in [1.29, 1.82) is 0 Å². The predicted molar refractivity (Wildman–Crippen MR) is 166 cm³/mol. The van der Waals surface area contributed by atoms with Gasteiger partial charge in [-0.1, -0.05) is 67.4 Å². The standard InChI is InChI=1S/C32H33N7O2S/c1-37(2)25-18-16-23(17-19-25)30(32(41)33-24-11-4-5-12-24)39(27-14-7-10-22-9-3-6-13-26(22)27)29(40)21-38-35-31(34-36-38)28-15-8-20-42-28/h3,6-10,13-20,24,30H,4-5,11-12,21H2,1-2H3,(H,33,41)/t30-/m0/s1. The van der Waals surface area contributed by atoms with Crippen LogP contribution >= 0.6 is 11.3 Å². The van der Waals surface area contributed by atoms with E-state index in [1.807, 2.05) is 103 Å². The monoisotopic (exact) mass is 579 g/mol. The van der Waals surface area contributed by atoms with Crippen LogP contribution in [0.15, 0.2) is 84.2 Å². The van der Waals surface area contributed by atoms with Gasteiger partial charge in [0.2, 0.25) is 11.7 Å². The minimum atomic E-state index is -0.902. The van der Waals surface area contributed by atoms with Crippen LogP contribution in [0.3, 0.4) is 0 Å². The molecule has 1 aliphatic rings. The summed E-state index contributed by atoms with van der Waals surface area (Å²) in [4.78, 5) is 34.4. The summed E-state index contributed by atoms with van der Waals surface area (Å²) >= 11 is 1.51. The Labute approximate surface area is 248 Å². The summed E-state index contributed by atoms with van der Waals surface area (Å²) in [6.45, 7) is -0.176. The number of benzene rings is 3. The van der Waals surface area contributed by atoms with Crippen LogP contribution < -0.4 is 15.1 Å². The van der Waals surface area contributed by atoms with Crippen LogP contribution in [0.25, 0.3) is 21.5 Å². The third-order valence-electron chi connectivity index (χ3n) is 7.70. The summed E-state index contributed by atoms with van der Waals surface area (Å²) in [6.07, 6.45) is 4.05. The number of thiophene rings is 1. The molecule has 2 heterocycles. The molecule has 0 spiro atoms. The SMILES string of the molecule is CN(C)c1ccc([C@@H](C(=O)NC2CCCC2)N(C(=O)Cn2nnc(-c3cccs3)n2)c2cccc3ccccc23)cc1. The number of carbonyl (C=O) groups excluding carboxylic acids is 2. The van der Waals surface area contributed by atoms with Crippen LogP contribution in [0.4, 0.5) is 11.4 Å². The number of fused-ring (bicyclic) bond motifs is 1. The van der Waals surface area contributed by atoms with Crippen LogP contribution in [0.1, 0.15) is 37.3 Å². The first-order valence-corrected chi connectivity index (χ1v) is 15.0. The zero-order valence-corrected chi connectivity index (χ0v) is 24.5. The topological polar surface area (TPSA) is 96.2 Å². The normalized spacial score (nSPS) is 14.1. The molecule has 2 aromatic heterocycles. The molecule has 10 heteroatoms. The molecule has 214 valence electrons. The van der Waals surface area contributed by atoms with E-state index in [-0.39, 0.29) is 24.4 Å². The Balaban J connectivity index is 1.44. The molecule has 1 N–H and O–H groups in total. The van der Waals surface area contributed by atoms with Crippen LogP contribution in [0, 0.1) is 0 Å². The number of carbonyl (C=O) groups is 2. The van der Waals surface area contributed by atoms with Gasteiger partial charge in [-0.3, -0.25) is 14.5 Å². The predicted octanol–water partition coefficient (Wildman–Crippen LogP) is 5.45.